The summed E-state index contributed by atoms with van der Waals surface area (Å²) < 4.78 is 0. The maximum atomic E-state index is 13.7. The van der Waals surface area contributed by atoms with Crippen molar-refractivity contribution < 1.29 is 4.79 Å². The summed E-state index contributed by atoms with van der Waals surface area (Å²) in [6.07, 6.45) is 1.36. The quantitative estimate of drug-likeness (QED) is 0.355. The summed E-state index contributed by atoms with van der Waals surface area (Å²) >= 11 is 0. The second-order valence-corrected chi connectivity index (χ2v) is 9.19. The van der Waals surface area contributed by atoms with Gasteiger partial charge in [-0.25, -0.2) is 0 Å². The lowest BCUT2D eigenvalue weighted by Gasteiger charge is -2.30. The Bertz CT molecular complexity index is 1400. The van der Waals surface area contributed by atoms with E-state index < -0.39 is 0 Å². The first kappa shape index (κ1) is 19.8. The van der Waals surface area contributed by atoms with Crippen LogP contribution in [0.2, 0.25) is 0 Å². The molecule has 0 radical (unpaired) electrons. The lowest BCUT2D eigenvalue weighted by molar-refractivity contribution is -0.116. The molecule has 0 spiro atoms. The number of benzene rings is 4. The summed E-state index contributed by atoms with van der Waals surface area (Å²) in [6, 6.07) is 31.5. The van der Waals surface area contributed by atoms with Gasteiger partial charge in [-0.2, -0.15) is 0 Å². The monoisotopic (exact) mass is 430 g/mol. The molecule has 1 aliphatic heterocycles. The van der Waals surface area contributed by atoms with Crippen molar-refractivity contribution >= 4 is 27.9 Å². The molecule has 0 fully saturated rings. The van der Waals surface area contributed by atoms with E-state index >= 15 is 0 Å². The average molecular weight is 431 g/mol. The standard InChI is InChI=1S/C30H26N2O/c1-19-10-12-21(13-11-19)24-17-27-29(28(33)18-24)30(32-26-9-5-4-8-25(26)31-27)23-15-14-20-6-2-3-7-22(20)16-23/h2-16,24,30-32H,17-18H2,1H3. The van der Waals surface area contributed by atoms with Crippen LogP contribution in [0.5, 0.6) is 0 Å². The number of hydrogen-bond donors (Lipinski definition) is 2. The summed E-state index contributed by atoms with van der Waals surface area (Å²) in [5.74, 6) is 0.402. The smallest absolute Gasteiger partial charge is 0.163 e. The van der Waals surface area contributed by atoms with E-state index in [1.54, 1.807) is 0 Å². The minimum atomic E-state index is -0.188. The number of hydrogen-bond acceptors (Lipinski definition) is 3. The van der Waals surface area contributed by atoms with Crippen LogP contribution in [0, 0.1) is 6.92 Å². The fourth-order valence-electron chi connectivity index (χ4n) is 5.20. The Hall–Kier alpha value is -3.85. The second kappa shape index (κ2) is 7.93. The lowest BCUT2D eigenvalue weighted by atomic mass is 9.78. The fourth-order valence-corrected chi connectivity index (χ4v) is 5.20. The molecule has 0 saturated heterocycles. The van der Waals surface area contributed by atoms with Gasteiger partial charge in [0.05, 0.1) is 17.4 Å². The Morgan fingerprint density at radius 2 is 1.42 bits per heavy atom. The third-order valence-corrected chi connectivity index (χ3v) is 6.96. The fraction of sp³-hybridized carbons (Fsp3) is 0.167. The highest BCUT2D eigenvalue weighted by Crippen LogP contribution is 2.44. The minimum absolute atomic E-state index is 0.187. The van der Waals surface area contributed by atoms with Gasteiger partial charge in [-0.1, -0.05) is 78.4 Å². The Balaban J connectivity index is 1.47. The molecular weight excluding hydrogens is 404 g/mol. The summed E-state index contributed by atoms with van der Waals surface area (Å²) in [5, 5.41) is 9.72. The third kappa shape index (κ3) is 3.60. The molecule has 1 aliphatic carbocycles. The third-order valence-electron chi connectivity index (χ3n) is 6.96. The molecule has 2 atom stereocenters. The van der Waals surface area contributed by atoms with E-state index in [9.17, 15) is 4.79 Å². The van der Waals surface area contributed by atoms with E-state index in [1.165, 1.54) is 21.9 Å². The largest absolute Gasteiger partial charge is 0.372 e. The van der Waals surface area contributed by atoms with Gasteiger partial charge < -0.3 is 10.6 Å². The predicted molar refractivity (Wildman–Crippen MR) is 136 cm³/mol. The number of nitrogens with one attached hydrogen (secondary N) is 2. The molecule has 33 heavy (non-hydrogen) atoms. The van der Waals surface area contributed by atoms with Gasteiger partial charge in [0.1, 0.15) is 0 Å². The van der Waals surface area contributed by atoms with Crippen molar-refractivity contribution in [3.05, 3.63) is 119 Å². The van der Waals surface area contributed by atoms with E-state index in [0.29, 0.717) is 6.42 Å². The number of carbonyl (C=O) groups is 1. The lowest BCUT2D eigenvalue weighted by Crippen LogP contribution is -2.26. The van der Waals surface area contributed by atoms with E-state index in [1.807, 2.05) is 12.1 Å². The van der Waals surface area contributed by atoms with Gasteiger partial charge in [0.2, 0.25) is 0 Å². The molecule has 2 unspecified atom stereocenters. The summed E-state index contributed by atoms with van der Waals surface area (Å²) in [4.78, 5) is 13.7. The van der Waals surface area contributed by atoms with Crippen LogP contribution in [-0.2, 0) is 4.79 Å². The summed E-state index contributed by atoms with van der Waals surface area (Å²) in [5.41, 5.74) is 7.52. The Morgan fingerprint density at radius 1 is 0.727 bits per heavy atom. The molecule has 3 heteroatoms. The first-order valence-electron chi connectivity index (χ1n) is 11.6. The van der Waals surface area contributed by atoms with Crippen LogP contribution in [0.3, 0.4) is 0 Å². The molecule has 0 aromatic heterocycles. The first-order chi connectivity index (χ1) is 16.2. The SMILES string of the molecule is Cc1ccc(C2CC(=O)C3=C(C2)Nc2ccccc2NC3c2ccc3ccccc3c2)cc1. The van der Waals surface area contributed by atoms with E-state index in [0.717, 1.165) is 34.6 Å². The topological polar surface area (TPSA) is 41.1 Å². The maximum absolute atomic E-state index is 13.7. The Kier molecular flexibility index (Phi) is 4.76. The maximum Gasteiger partial charge on any atom is 0.163 e. The summed E-state index contributed by atoms with van der Waals surface area (Å²) in [6.45, 7) is 2.10. The first-order valence-corrected chi connectivity index (χ1v) is 11.6. The van der Waals surface area contributed by atoms with Crippen molar-refractivity contribution in [2.24, 2.45) is 0 Å². The van der Waals surface area contributed by atoms with E-state index in [4.69, 9.17) is 0 Å². The molecule has 0 saturated carbocycles. The molecule has 2 aliphatic rings. The molecule has 0 bridgehead atoms. The van der Waals surface area contributed by atoms with Gasteiger partial charge in [0.25, 0.3) is 0 Å². The Morgan fingerprint density at radius 3 is 2.24 bits per heavy atom. The van der Waals surface area contributed by atoms with Gasteiger partial charge in [-0.3, -0.25) is 4.79 Å². The van der Waals surface area contributed by atoms with Crippen molar-refractivity contribution in [1.82, 2.24) is 0 Å². The molecule has 4 aromatic carbocycles. The minimum Gasteiger partial charge on any atom is -0.372 e. The number of fused-ring (bicyclic) bond motifs is 2. The molecule has 6 rings (SSSR count). The highest BCUT2D eigenvalue weighted by molar-refractivity contribution is 6.01. The number of anilines is 2. The zero-order valence-corrected chi connectivity index (χ0v) is 18.6. The molecule has 1 heterocycles. The highest BCUT2D eigenvalue weighted by Gasteiger charge is 2.36. The van der Waals surface area contributed by atoms with E-state index in [-0.39, 0.29) is 17.7 Å². The van der Waals surface area contributed by atoms with Gasteiger partial charge in [0, 0.05) is 17.7 Å². The van der Waals surface area contributed by atoms with Crippen LogP contribution < -0.4 is 10.6 Å². The number of para-hydroxylation sites is 2. The number of rotatable bonds is 2. The zero-order chi connectivity index (χ0) is 22.4. The molecule has 0 amide bonds. The van der Waals surface area contributed by atoms with Crippen molar-refractivity contribution in [1.29, 1.82) is 0 Å². The van der Waals surface area contributed by atoms with Crippen molar-refractivity contribution in [2.45, 2.75) is 31.7 Å². The van der Waals surface area contributed by atoms with Gasteiger partial charge >= 0.3 is 0 Å². The molecular formula is C30H26N2O. The van der Waals surface area contributed by atoms with Crippen LogP contribution in [-0.4, -0.2) is 5.78 Å². The van der Waals surface area contributed by atoms with Crippen LogP contribution in [0.25, 0.3) is 10.8 Å². The highest BCUT2D eigenvalue weighted by atomic mass is 16.1. The van der Waals surface area contributed by atoms with Gasteiger partial charge in [0.15, 0.2) is 5.78 Å². The van der Waals surface area contributed by atoms with Crippen LogP contribution >= 0.6 is 0 Å². The second-order valence-electron chi connectivity index (χ2n) is 9.19. The van der Waals surface area contributed by atoms with Crippen molar-refractivity contribution in [2.75, 3.05) is 10.6 Å². The predicted octanol–water partition coefficient (Wildman–Crippen LogP) is 7.13. The average Bonchev–Trinajstić information content (AvgIpc) is 3.01. The number of aryl methyl sites for hydroxylation is 1. The van der Waals surface area contributed by atoms with Gasteiger partial charge in [-0.15, -0.1) is 0 Å². The normalized spacial score (nSPS) is 19.8. The molecule has 3 nitrogen and oxygen atoms in total. The van der Waals surface area contributed by atoms with E-state index in [2.05, 4.69) is 96.4 Å². The summed E-state index contributed by atoms with van der Waals surface area (Å²) in [7, 11) is 0. The molecule has 4 aromatic rings. The van der Waals surface area contributed by atoms with Gasteiger partial charge in [-0.05, 0) is 59.4 Å². The number of ketones is 1. The van der Waals surface area contributed by atoms with Crippen molar-refractivity contribution in [3.63, 3.8) is 0 Å². The van der Waals surface area contributed by atoms with Crippen LogP contribution in [0.1, 0.15) is 41.5 Å². The number of Topliss-reactive ketones (excluding diaryl/α,β-unsaturated/α-hetero) is 1. The van der Waals surface area contributed by atoms with Crippen molar-refractivity contribution in [3.8, 4) is 0 Å². The number of carbonyl (C=O) groups excluding carboxylic acids is 1. The number of allylic oxidation sites excluding steroid dienone is 1. The molecule has 2 N–H and O–H groups in total. The Labute approximate surface area is 194 Å². The molecule has 162 valence electrons. The van der Waals surface area contributed by atoms with Crippen LogP contribution in [0.4, 0.5) is 11.4 Å². The van der Waals surface area contributed by atoms with Crippen LogP contribution in [0.15, 0.2) is 102 Å². The zero-order valence-electron chi connectivity index (χ0n) is 18.6.